The van der Waals surface area contributed by atoms with E-state index in [0.717, 1.165) is 0 Å². The minimum absolute atomic E-state index is 0.0569. The molecule has 1 amide bonds. The zero-order chi connectivity index (χ0) is 13.7. The molecule has 18 heavy (non-hydrogen) atoms. The Labute approximate surface area is 115 Å². The van der Waals surface area contributed by atoms with Crippen LogP contribution in [0.3, 0.4) is 0 Å². The van der Waals surface area contributed by atoms with Crippen LogP contribution in [0.15, 0.2) is 6.07 Å². The summed E-state index contributed by atoms with van der Waals surface area (Å²) in [6.45, 7) is 4.43. The minimum atomic E-state index is -0.680. The van der Waals surface area contributed by atoms with Gasteiger partial charge in [0.2, 0.25) is 5.88 Å². The second kappa shape index (κ2) is 6.78. The number of nitrogens with two attached hydrogens (primary N) is 1. The third-order valence-corrected chi connectivity index (χ3v) is 2.61. The van der Waals surface area contributed by atoms with Crippen LogP contribution in [0.4, 0.5) is 0 Å². The zero-order valence-electron chi connectivity index (χ0n) is 10.1. The molecule has 0 spiro atoms. The predicted octanol–water partition coefficient (Wildman–Crippen LogP) is 2.29. The quantitative estimate of drug-likeness (QED) is 0.645. The minimum Gasteiger partial charge on any atom is -0.475 e. The lowest BCUT2D eigenvalue weighted by molar-refractivity contribution is 0.0538. The van der Waals surface area contributed by atoms with Crippen LogP contribution >= 0.6 is 23.2 Å². The predicted molar refractivity (Wildman–Crippen MR) is 69.4 cm³/mol. The summed E-state index contributed by atoms with van der Waals surface area (Å²) in [6, 6.07) is 1.33. The van der Waals surface area contributed by atoms with E-state index in [1.807, 2.05) is 13.8 Å². The molecule has 2 N–H and O–H groups in total. The SMILES string of the molecule is CC(C)OCCOc1nc(Cl)c(Cl)cc1C(N)=O. The first-order valence-electron chi connectivity index (χ1n) is 5.32. The molecule has 0 bridgehead atoms. The van der Waals surface area contributed by atoms with Crippen LogP contribution in [0.2, 0.25) is 10.2 Å². The van der Waals surface area contributed by atoms with Gasteiger partial charge in [0, 0.05) is 0 Å². The number of primary amides is 1. The van der Waals surface area contributed by atoms with Gasteiger partial charge in [-0.2, -0.15) is 4.98 Å². The van der Waals surface area contributed by atoms with Gasteiger partial charge >= 0.3 is 0 Å². The first-order valence-corrected chi connectivity index (χ1v) is 6.07. The Kier molecular flexibility index (Phi) is 5.65. The molecule has 5 nitrogen and oxygen atoms in total. The van der Waals surface area contributed by atoms with Crippen molar-refractivity contribution < 1.29 is 14.3 Å². The van der Waals surface area contributed by atoms with Crippen LogP contribution in [0.1, 0.15) is 24.2 Å². The van der Waals surface area contributed by atoms with Crippen LogP contribution in [0, 0.1) is 0 Å². The largest absolute Gasteiger partial charge is 0.475 e. The molecule has 0 fully saturated rings. The summed E-state index contributed by atoms with van der Waals surface area (Å²) in [5.41, 5.74) is 5.29. The summed E-state index contributed by atoms with van der Waals surface area (Å²) >= 11 is 11.5. The van der Waals surface area contributed by atoms with Crippen LogP contribution in [-0.4, -0.2) is 30.2 Å². The highest BCUT2D eigenvalue weighted by Crippen LogP contribution is 2.26. The number of amides is 1. The summed E-state index contributed by atoms with van der Waals surface area (Å²) in [5, 5.41) is 0.206. The maximum absolute atomic E-state index is 11.2. The smallest absolute Gasteiger partial charge is 0.254 e. The molecular formula is C11H14Cl2N2O3. The van der Waals surface area contributed by atoms with E-state index in [2.05, 4.69) is 4.98 Å². The molecule has 1 rings (SSSR count). The van der Waals surface area contributed by atoms with Crippen LogP contribution in [0.25, 0.3) is 0 Å². The Morgan fingerprint density at radius 3 is 2.67 bits per heavy atom. The highest BCUT2D eigenvalue weighted by Gasteiger charge is 2.15. The molecule has 1 aromatic heterocycles. The third kappa shape index (κ3) is 4.33. The van der Waals surface area contributed by atoms with E-state index in [4.69, 9.17) is 38.4 Å². The molecule has 0 aromatic carbocycles. The number of hydrogen-bond acceptors (Lipinski definition) is 4. The molecule has 0 radical (unpaired) electrons. The summed E-state index contributed by atoms with van der Waals surface area (Å²) < 4.78 is 10.6. The van der Waals surface area contributed by atoms with Crippen molar-refractivity contribution in [1.82, 2.24) is 4.98 Å². The topological polar surface area (TPSA) is 74.4 Å². The van der Waals surface area contributed by atoms with Crippen LogP contribution < -0.4 is 10.5 Å². The van der Waals surface area contributed by atoms with Gasteiger partial charge < -0.3 is 15.2 Å². The fourth-order valence-corrected chi connectivity index (χ4v) is 1.44. The first-order chi connectivity index (χ1) is 8.41. The van der Waals surface area contributed by atoms with E-state index in [0.29, 0.717) is 6.61 Å². The summed E-state index contributed by atoms with van der Waals surface area (Å²) in [6.07, 6.45) is 0.103. The van der Waals surface area contributed by atoms with Crippen molar-refractivity contribution in [3.63, 3.8) is 0 Å². The molecular weight excluding hydrogens is 279 g/mol. The van der Waals surface area contributed by atoms with Gasteiger partial charge in [0.25, 0.3) is 5.91 Å². The van der Waals surface area contributed by atoms with Crippen molar-refractivity contribution in [3.05, 3.63) is 21.8 Å². The highest BCUT2D eigenvalue weighted by atomic mass is 35.5. The average Bonchev–Trinajstić information content (AvgIpc) is 2.28. The van der Waals surface area contributed by atoms with E-state index < -0.39 is 5.91 Å². The van der Waals surface area contributed by atoms with Gasteiger partial charge in [-0.15, -0.1) is 0 Å². The van der Waals surface area contributed by atoms with Crippen LogP contribution in [0.5, 0.6) is 5.88 Å². The van der Waals surface area contributed by atoms with Gasteiger partial charge in [0.15, 0.2) is 5.15 Å². The van der Waals surface area contributed by atoms with Crippen LogP contribution in [-0.2, 0) is 4.74 Å². The van der Waals surface area contributed by atoms with Gasteiger partial charge in [-0.05, 0) is 19.9 Å². The number of halogens is 2. The number of hydrogen-bond donors (Lipinski definition) is 1. The Bertz CT molecular complexity index is 439. The number of carbonyl (C=O) groups excluding carboxylic acids is 1. The molecule has 0 aliphatic rings. The van der Waals surface area contributed by atoms with E-state index in [9.17, 15) is 4.79 Å². The van der Waals surface area contributed by atoms with E-state index in [-0.39, 0.29) is 34.3 Å². The molecule has 0 atom stereocenters. The van der Waals surface area contributed by atoms with Gasteiger partial charge in [-0.1, -0.05) is 23.2 Å². The molecule has 1 heterocycles. The number of rotatable bonds is 6. The number of carbonyl (C=O) groups is 1. The fourth-order valence-electron chi connectivity index (χ4n) is 1.16. The lowest BCUT2D eigenvalue weighted by Gasteiger charge is -2.11. The van der Waals surface area contributed by atoms with Crippen molar-refractivity contribution in [3.8, 4) is 5.88 Å². The van der Waals surface area contributed by atoms with E-state index in [1.54, 1.807) is 0 Å². The van der Waals surface area contributed by atoms with Crippen molar-refractivity contribution in [2.75, 3.05) is 13.2 Å². The molecule has 1 aromatic rings. The molecule has 0 unspecified atom stereocenters. The lowest BCUT2D eigenvalue weighted by Crippen LogP contribution is -2.17. The fraction of sp³-hybridized carbons (Fsp3) is 0.455. The summed E-state index contributed by atoms with van der Waals surface area (Å²) in [4.78, 5) is 15.1. The molecule has 0 aliphatic heterocycles. The Morgan fingerprint density at radius 2 is 2.11 bits per heavy atom. The van der Waals surface area contributed by atoms with Gasteiger partial charge in [0.05, 0.1) is 17.7 Å². The normalized spacial score (nSPS) is 10.7. The number of nitrogens with zero attached hydrogens (tertiary/aromatic N) is 1. The Morgan fingerprint density at radius 1 is 1.44 bits per heavy atom. The first kappa shape index (κ1) is 15.0. The standard InChI is InChI=1S/C11H14Cl2N2O3/c1-6(2)17-3-4-18-11-7(10(14)16)5-8(12)9(13)15-11/h5-6H,3-4H2,1-2H3,(H2,14,16). The van der Waals surface area contributed by atoms with Crippen molar-refractivity contribution in [1.29, 1.82) is 0 Å². The Balaban J connectivity index is 2.74. The van der Waals surface area contributed by atoms with Gasteiger partial charge in [0.1, 0.15) is 12.2 Å². The van der Waals surface area contributed by atoms with Gasteiger partial charge in [-0.3, -0.25) is 4.79 Å². The third-order valence-electron chi connectivity index (χ3n) is 1.94. The molecule has 7 heteroatoms. The maximum Gasteiger partial charge on any atom is 0.254 e. The molecule has 0 saturated heterocycles. The monoisotopic (exact) mass is 292 g/mol. The van der Waals surface area contributed by atoms with Crippen molar-refractivity contribution in [2.45, 2.75) is 20.0 Å². The number of ether oxygens (including phenoxy) is 2. The second-order valence-electron chi connectivity index (χ2n) is 3.75. The molecule has 0 aliphatic carbocycles. The number of pyridine rings is 1. The average molecular weight is 293 g/mol. The van der Waals surface area contributed by atoms with Gasteiger partial charge in [-0.25, -0.2) is 0 Å². The molecule has 100 valence electrons. The molecule has 0 saturated carbocycles. The Hall–Kier alpha value is -1.04. The number of aromatic nitrogens is 1. The highest BCUT2D eigenvalue weighted by molar-refractivity contribution is 6.41. The summed E-state index contributed by atoms with van der Waals surface area (Å²) in [7, 11) is 0. The van der Waals surface area contributed by atoms with E-state index >= 15 is 0 Å². The summed E-state index contributed by atoms with van der Waals surface area (Å²) in [5.74, 6) is -0.620. The lowest BCUT2D eigenvalue weighted by atomic mass is 10.2. The van der Waals surface area contributed by atoms with Crippen molar-refractivity contribution in [2.24, 2.45) is 5.73 Å². The maximum atomic E-state index is 11.2. The second-order valence-corrected chi connectivity index (χ2v) is 4.51. The zero-order valence-corrected chi connectivity index (χ0v) is 11.6. The van der Waals surface area contributed by atoms with E-state index in [1.165, 1.54) is 6.07 Å². The van der Waals surface area contributed by atoms with Crippen molar-refractivity contribution >= 4 is 29.1 Å².